The Labute approximate surface area is 207 Å². The Hall–Kier alpha value is -2.32. The molecule has 34 heavy (non-hydrogen) atoms. The minimum atomic E-state index is -4.19. The summed E-state index contributed by atoms with van der Waals surface area (Å²) >= 11 is 9.70. The number of ether oxygens (including phenoxy) is 1. The van der Waals surface area contributed by atoms with Crippen LogP contribution in [0.3, 0.4) is 0 Å². The summed E-state index contributed by atoms with van der Waals surface area (Å²) in [5.74, 6) is -0.761. The number of hydrogen-bond donors (Lipinski definition) is 2. The summed E-state index contributed by atoms with van der Waals surface area (Å²) in [7, 11) is -1.35. The highest BCUT2D eigenvalue weighted by molar-refractivity contribution is 9.10. The minimum Gasteiger partial charge on any atom is -0.377 e. The average Bonchev–Trinajstić information content (AvgIpc) is 3.18. The number of benzene rings is 2. The first kappa shape index (κ1) is 24.8. The molecule has 2 heterocycles. The first-order valence-electron chi connectivity index (χ1n) is 9.87. The van der Waals surface area contributed by atoms with Crippen LogP contribution in [0.1, 0.15) is 0 Å². The number of nitrogens with zero attached hydrogens (tertiary/aromatic N) is 3. The molecule has 3 aromatic rings. The van der Waals surface area contributed by atoms with Crippen molar-refractivity contribution in [3.05, 3.63) is 56.3 Å². The third-order valence-electron chi connectivity index (χ3n) is 5.42. The maximum atomic E-state index is 14.7. The molecule has 0 radical (unpaired) electrons. The van der Waals surface area contributed by atoms with E-state index in [4.69, 9.17) is 16.3 Å². The van der Waals surface area contributed by atoms with E-state index in [1.54, 1.807) is 19.2 Å². The van der Waals surface area contributed by atoms with Crippen molar-refractivity contribution in [2.24, 2.45) is 7.05 Å². The summed E-state index contributed by atoms with van der Waals surface area (Å²) in [5.41, 5.74) is 0.0826. The fraction of sp³-hybridized carbons (Fsp3) is 0.300. The van der Waals surface area contributed by atoms with Gasteiger partial charge in [-0.25, -0.2) is 13.8 Å². The van der Waals surface area contributed by atoms with Gasteiger partial charge in [0.25, 0.3) is 5.56 Å². The number of hydrogen-bond acceptors (Lipinski definition) is 6. The van der Waals surface area contributed by atoms with Gasteiger partial charge in [0.05, 0.1) is 43.8 Å². The SMILES string of the molecule is CO[C@H]1CN(S(=O)(=O)Nc2ccc(F)c(Nc3ccc4ncn(C)c(=O)c4c3Br)c2Cl)C[C@H]1F. The van der Waals surface area contributed by atoms with E-state index in [0.717, 1.165) is 16.4 Å². The Bertz CT molecular complexity index is 1440. The van der Waals surface area contributed by atoms with Gasteiger partial charge in [0.15, 0.2) is 0 Å². The van der Waals surface area contributed by atoms with Crippen LogP contribution in [0.15, 0.2) is 39.9 Å². The molecule has 2 aromatic carbocycles. The molecular formula is C20H19BrClF2N5O4S. The number of methoxy groups -OCH3 is 1. The van der Waals surface area contributed by atoms with Gasteiger partial charge in [-0.15, -0.1) is 0 Å². The first-order chi connectivity index (χ1) is 16.0. The predicted octanol–water partition coefficient (Wildman–Crippen LogP) is 3.56. The molecule has 182 valence electrons. The van der Waals surface area contributed by atoms with Gasteiger partial charge in [-0.05, 0) is 40.2 Å². The van der Waals surface area contributed by atoms with Crippen LogP contribution < -0.4 is 15.6 Å². The monoisotopic (exact) mass is 577 g/mol. The van der Waals surface area contributed by atoms with Crippen molar-refractivity contribution in [2.45, 2.75) is 12.3 Å². The lowest BCUT2D eigenvalue weighted by atomic mass is 10.2. The molecule has 2 N–H and O–H groups in total. The van der Waals surface area contributed by atoms with Crippen molar-refractivity contribution >= 4 is 65.7 Å². The lowest BCUT2D eigenvalue weighted by Gasteiger charge is -2.19. The summed E-state index contributed by atoms with van der Waals surface area (Å²) in [5, 5.41) is 2.82. The highest BCUT2D eigenvalue weighted by atomic mass is 79.9. The number of halogens is 4. The summed E-state index contributed by atoms with van der Waals surface area (Å²) in [6.07, 6.45) is -0.976. The predicted molar refractivity (Wildman–Crippen MR) is 129 cm³/mol. The molecule has 1 saturated heterocycles. The summed E-state index contributed by atoms with van der Waals surface area (Å²) in [6, 6.07) is 5.34. The Morgan fingerprint density at radius 3 is 2.62 bits per heavy atom. The van der Waals surface area contributed by atoms with Gasteiger partial charge in [-0.2, -0.15) is 12.7 Å². The van der Waals surface area contributed by atoms with Gasteiger partial charge in [-0.1, -0.05) is 11.6 Å². The van der Waals surface area contributed by atoms with Crippen LogP contribution in [0.25, 0.3) is 10.9 Å². The van der Waals surface area contributed by atoms with Crippen LogP contribution in [0.5, 0.6) is 0 Å². The highest BCUT2D eigenvalue weighted by Crippen LogP contribution is 2.38. The van der Waals surface area contributed by atoms with Crippen LogP contribution in [-0.4, -0.2) is 54.7 Å². The molecule has 2 atom stereocenters. The Balaban J connectivity index is 1.67. The van der Waals surface area contributed by atoms with Gasteiger partial charge in [0.1, 0.15) is 18.1 Å². The fourth-order valence-corrected chi connectivity index (χ4v) is 5.72. The maximum absolute atomic E-state index is 14.7. The van der Waals surface area contributed by atoms with Crippen molar-refractivity contribution in [1.29, 1.82) is 0 Å². The molecule has 0 amide bonds. The summed E-state index contributed by atoms with van der Waals surface area (Å²) < 4.78 is 63.9. The quantitative estimate of drug-likeness (QED) is 0.464. The van der Waals surface area contributed by atoms with Crippen LogP contribution in [-0.2, 0) is 22.0 Å². The number of nitrogens with one attached hydrogen (secondary N) is 2. The molecule has 0 bridgehead atoms. The second-order valence-corrected chi connectivity index (χ2v) is 10.4. The Morgan fingerprint density at radius 1 is 1.24 bits per heavy atom. The zero-order chi connectivity index (χ0) is 24.8. The standard InChI is InChI=1S/C20H19BrClF2N5O4S/c1-28-9-25-12-5-6-13(17(21)16(12)20(28)30)26-19-10(23)3-4-14(18(19)22)27-34(31,32)29-7-11(24)15(8-29)33-2/h3-6,9,11,15,26-27H,7-8H2,1-2H3/t11-,15+/m1/s1. The molecule has 4 rings (SSSR count). The zero-order valence-corrected chi connectivity index (χ0v) is 21.0. The van der Waals surface area contributed by atoms with E-state index in [-0.39, 0.29) is 40.4 Å². The number of rotatable bonds is 6. The minimum absolute atomic E-state index is 0.115. The van der Waals surface area contributed by atoms with Crippen molar-refractivity contribution in [3.63, 3.8) is 0 Å². The number of aryl methyl sites for hydroxylation is 1. The van der Waals surface area contributed by atoms with Crippen LogP contribution >= 0.6 is 27.5 Å². The summed E-state index contributed by atoms with van der Waals surface area (Å²) in [4.78, 5) is 16.7. The highest BCUT2D eigenvalue weighted by Gasteiger charge is 2.39. The van der Waals surface area contributed by atoms with E-state index < -0.39 is 28.3 Å². The number of anilines is 3. The number of fused-ring (bicyclic) bond motifs is 1. The number of alkyl halides is 1. The zero-order valence-electron chi connectivity index (χ0n) is 17.9. The van der Waals surface area contributed by atoms with Crippen molar-refractivity contribution in [3.8, 4) is 0 Å². The lowest BCUT2D eigenvalue weighted by molar-refractivity contribution is 0.0637. The Kier molecular flexibility index (Phi) is 6.84. The molecule has 1 aliphatic heterocycles. The molecule has 0 saturated carbocycles. The fourth-order valence-electron chi connectivity index (χ4n) is 3.56. The van der Waals surface area contributed by atoms with E-state index in [1.165, 1.54) is 18.0 Å². The van der Waals surface area contributed by atoms with E-state index in [0.29, 0.717) is 15.7 Å². The van der Waals surface area contributed by atoms with Crippen LogP contribution in [0.2, 0.25) is 5.02 Å². The second-order valence-electron chi connectivity index (χ2n) is 7.61. The first-order valence-corrected chi connectivity index (χ1v) is 12.5. The molecule has 1 fully saturated rings. The topological polar surface area (TPSA) is 106 Å². The molecule has 1 aliphatic rings. The molecule has 1 aromatic heterocycles. The largest absolute Gasteiger partial charge is 0.377 e. The molecule has 14 heteroatoms. The van der Waals surface area contributed by atoms with Crippen molar-refractivity contribution in [1.82, 2.24) is 13.9 Å². The van der Waals surface area contributed by atoms with E-state index in [2.05, 4.69) is 31.0 Å². The van der Waals surface area contributed by atoms with Gasteiger partial charge in [0.2, 0.25) is 0 Å². The number of aromatic nitrogens is 2. The molecular weight excluding hydrogens is 560 g/mol. The second kappa shape index (κ2) is 9.38. The normalized spacial score (nSPS) is 19.0. The van der Waals surface area contributed by atoms with Gasteiger partial charge < -0.3 is 14.6 Å². The average molecular weight is 579 g/mol. The smallest absolute Gasteiger partial charge is 0.301 e. The third-order valence-corrected chi connectivity index (χ3v) is 8.09. The van der Waals surface area contributed by atoms with Crippen molar-refractivity contribution < 1.29 is 21.9 Å². The van der Waals surface area contributed by atoms with E-state index >= 15 is 0 Å². The Morgan fingerprint density at radius 2 is 1.94 bits per heavy atom. The van der Waals surface area contributed by atoms with Crippen molar-refractivity contribution in [2.75, 3.05) is 30.2 Å². The lowest BCUT2D eigenvalue weighted by Crippen LogP contribution is -2.35. The van der Waals surface area contributed by atoms with Gasteiger partial charge in [0, 0.05) is 27.2 Å². The molecule has 0 unspecified atom stereocenters. The maximum Gasteiger partial charge on any atom is 0.301 e. The van der Waals surface area contributed by atoms with Gasteiger partial charge >= 0.3 is 10.2 Å². The van der Waals surface area contributed by atoms with Gasteiger partial charge in [-0.3, -0.25) is 9.52 Å². The van der Waals surface area contributed by atoms with E-state index in [1.807, 2.05) is 0 Å². The molecule has 9 nitrogen and oxygen atoms in total. The molecule has 0 aliphatic carbocycles. The van der Waals surface area contributed by atoms with Crippen LogP contribution in [0, 0.1) is 5.82 Å². The summed E-state index contributed by atoms with van der Waals surface area (Å²) in [6.45, 7) is -0.561. The molecule has 0 spiro atoms. The van der Waals surface area contributed by atoms with E-state index in [9.17, 15) is 22.0 Å². The van der Waals surface area contributed by atoms with Crippen LogP contribution in [0.4, 0.5) is 25.8 Å². The third kappa shape index (κ3) is 4.50.